The van der Waals surface area contributed by atoms with Gasteiger partial charge in [0.1, 0.15) is 13.8 Å². The predicted octanol–water partition coefficient (Wildman–Crippen LogP) is 16.0. The van der Waals surface area contributed by atoms with Crippen molar-refractivity contribution in [1.29, 1.82) is 15.8 Å². The lowest BCUT2D eigenvalue weighted by Crippen LogP contribution is -2.48. The molecule has 0 amide bonds. The van der Waals surface area contributed by atoms with Crippen molar-refractivity contribution in [1.82, 2.24) is 20.4 Å². The third-order valence-corrected chi connectivity index (χ3v) is 20.0. The molecule has 4 unspecified atom stereocenters. The van der Waals surface area contributed by atoms with E-state index in [1.54, 1.807) is 24.4 Å². The zero-order chi connectivity index (χ0) is 62.1. The smallest absolute Gasteiger partial charge is 0.195 e. The van der Waals surface area contributed by atoms with Gasteiger partial charge in [0, 0.05) is 87.7 Å². The average molecular weight is 1290 g/mol. The summed E-state index contributed by atoms with van der Waals surface area (Å²) >= 11 is 2.37. The van der Waals surface area contributed by atoms with E-state index < -0.39 is 13.5 Å². The van der Waals surface area contributed by atoms with Gasteiger partial charge >= 0.3 is 0 Å². The quantitative estimate of drug-likeness (QED) is 0.0745. The first-order valence-electron chi connectivity index (χ1n) is 29.1. The summed E-state index contributed by atoms with van der Waals surface area (Å²) in [6, 6.07) is 35.5. The molecule has 0 radical (unpaired) electrons. The minimum atomic E-state index is -1.10. The van der Waals surface area contributed by atoms with Gasteiger partial charge in [0.15, 0.2) is 17.3 Å². The van der Waals surface area contributed by atoms with Crippen molar-refractivity contribution in [3.63, 3.8) is 0 Å². The van der Waals surface area contributed by atoms with Crippen molar-refractivity contribution in [2.45, 2.75) is 156 Å². The summed E-state index contributed by atoms with van der Waals surface area (Å²) < 4.78 is 1.22. The molecular formula is C74H76IN9O3Si. The summed E-state index contributed by atoms with van der Waals surface area (Å²) in [6.07, 6.45) is 15.0. The summed E-state index contributed by atoms with van der Waals surface area (Å²) in [5, 5.41) is 46.4. The second-order valence-corrected chi connectivity index (χ2v) is 31.4. The average Bonchev–Trinajstić information content (AvgIpc) is 1.46. The largest absolute Gasteiger partial charge is 0.380 e. The number of hydrogen-bond acceptors (Lipinski definition) is 10. The minimum absolute atomic E-state index is 0. The van der Waals surface area contributed by atoms with Gasteiger partial charge in [-0.15, -0.1) is 18.4 Å². The number of rotatable bonds is 4. The molecule has 0 spiro atoms. The van der Waals surface area contributed by atoms with Gasteiger partial charge < -0.3 is 15.6 Å². The molecule has 88 heavy (non-hydrogen) atoms. The van der Waals surface area contributed by atoms with Gasteiger partial charge in [0.05, 0.1) is 58.5 Å². The van der Waals surface area contributed by atoms with Crippen LogP contribution in [-0.2, 0) is 35.5 Å². The van der Waals surface area contributed by atoms with E-state index in [-0.39, 0.29) is 67.0 Å². The van der Waals surface area contributed by atoms with E-state index in [4.69, 9.17) is 18.1 Å². The third kappa shape index (κ3) is 10.9. The SMILES string of the molecule is C.C.C#C[Si](C)(C)C.C#Cc1cc2c(cc1CC)C(=O)C1c3ccc(C#N)cc3NC1C2(C)C.CCc1cc2c(cc1-c1cn[nH]n1)C(C)(C)c1[nH]c3cc(C#N)ccc3c1C2=O.CCc1cc2c(cc1I)C(C)(C)C1Nc3cc(C#N)ccc3C1C2=O. The summed E-state index contributed by atoms with van der Waals surface area (Å²) in [5.41, 5.74) is 21.4. The van der Waals surface area contributed by atoms with Crippen molar-refractivity contribution >= 4 is 70.3 Å². The van der Waals surface area contributed by atoms with Crippen LogP contribution in [0.15, 0.2) is 97.2 Å². The van der Waals surface area contributed by atoms with Crippen molar-refractivity contribution < 1.29 is 14.4 Å². The van der Waals surface area contributed by atoms with Crippen LogP contribution in [0.3, 0.4) is 0 Å². The monoisotopic (exact) mass is 1290 g/mol. The first kappa shape index (κ1) is 65.1. The number of carbonyl (C=O) groups is 3. The predicted molar refractivity (Wildman–Crippen MR) is 365 cm³/mol. The summed E-state index contributed by atoms with van der Waals surface area (Å²) in [7, 11) is -1.10. The molecule has 13 rings (SSSR count). The van der Waals surface area contributed by atoms with E-state index >= 15 is 0 Å². The zero-order valence-corrected chi connectivity index (χ0v) is 53.8. The van der Waals surface area contributed by atoms with Crippen LogP contribution in [0.2, 0.25) is 19.6 Å². The molecule has 4 heterocycles. The Morgan fingerprint density at radius 3 is 1.58 bits per heavy atom. The van der Waals surface area contributed by atoms with Crippen LogP contribution in [0.4, 0.5) is 11.4 Å². The number of aryl methyl sites for hydroxylation is 3. The number of H-pyrrole nitrogens is 2. The second-order valence-electron chi connectivity index (χ2n) is 25.5. The molecule has 12 nitrogen and oxygen atoms in total. The molecule has 0 fully saturated rings. The Morgan fingerprint density at radius 2 is 1.10 bits per heavy atom. The molecule has 5 aliphatic rings. The molecule has 2 aliphatic heterocycles. The number of carbonyl (C=O) groups excluding carboxylic acids is 3. The molecule has 4 N–H and O–H groups in total. The number of nitrogens with zero attached hydrogens (tertiary/aromatic N) is 5. The number of Topliss-reactive ketones (excluding diaryl/α,β-unsaturated/α-hetero) is 2. The number of ketones is 3. The molecule has 3 aliphatic carbocycles. The highest BCUT2D eigenvalue weighted by Crippen LogP contribution is 2.53. The molecule has 14 heteroatoms. The van der Waals surface area contributed by atoms with E-state index in [2.05, 4.69) is 183 Å². The van der Waals surface area contributed by atoms with Gasteiger partial charge in [0.25, 0.3) is 0 Å². The number of aromatic nitrogens is 4. The summed E-state index contributed by atoms with van der Waals surface area (Å²) in [5.74, 6) is 2.71. The number of hydrogen-bond donors (Lipinski definition) is 4. The highest BCUT2D eigenvalue weighted by Gasteiger charge is 2.53. The van der Waals surface area contributed by atoms with Gasteiger partial charge in [-0.2, -0.15) is 31.2 Å². The lowest BCUT2D eigenvalue weighted by atomic mass is 9.63. The van der Waals surface area contributed by atoms with E-state index in [1.165, 1.54) is 9.13 Å². The van der Waals surface area contributed by atoms with E-state index in [0.717, 1.165) is 120 Å². The Bertz CT molecular complexity index is 4390. The number of benzene rings is 6. The van der Waals surface area contributed by atoms with Crippen LogP contribution in [-0.4, -0.2) is 57.9 Å². The lowest BCUT2D eigenvalue weighted by molar-refractivity contribution is 0.0914. The van der Waals surface area contributed by atoms with Gasteiger partial charge in [-0.3, -0.25) is 14.4 Å². The fourth-order valence-corrected chi connectivity index (χ4v) is 14.1. The van der Waals surface area contributed by atoms with Gasteiger partial charge in [-0.05, 0) is 159 Å². The molecular weight excluding hydrogens is 1220 g/mol. The molecule has 0 saturated heterocycles. The maximum absolute atomic E-state index is 13.6. The molecule has 6 aromatic carbocycles. The second kappa shape index (κ2) is 24.4. The maximum Gasteiger partial charge on any atom is 0.195 e. The van der Waals surface area contributed by atoms with Crippen LogP contribution < -0.4 is 10.6 Å². The van der Waals surface area contributed by atoms with Crippen molar-refractivity contribution in [3.05, 3.63) is 195 Å². The number of anilines is 2. The molecule has 446 valence electrons. The molecule has 2 aromatic heterocycles. The molecule has 0 bridgehead atoms. The highest BCUT2D eigenvalue weighted by atomic mass is 127. The van der Waals surface area contributed by atoms with Gasteiger partial charge in [-0.25, -0.2) is 0 Å². The Labute approximate surface area is 533 Å². The van der Waals surface area contributed by atoms with Crippen LogP contribution in [0.5, 0.6) is 0 Å². The topological polar surface area (TPSA) is 204 Å². The van der Waals surface area contributed by atoms with Crippen molar-refractivity contribution in [2.75, 3.05) is 10.6 Å². The lowest BCUT2D eigenvalue weighted by Gasteiger charge is -2.41. The van der Waals surface area contributed by atoms with E-state index in [0.29, 0.717) is 22.3 Å². The Balaban J connectivity index is 0.000000162. The van der Waals surface area contributed by atoms with E-state index in [9.17, 15) is 24.9 Å². The van der Waals surface area contributed by atoms with E-state index in [1.807, 2.05) is 54.6 Å². The van der Waals surface area contributed by atoms with Crippen molar-refractivity contribution in [2.24, 2.45) is 0 Å². The van der Waals surface area contributed by atoms with Gasteiger partial charge in [-0.1, -0.05) is 121 Å². The van der Waals surface area contributed by atoms with Crippen LogP contribution in [0.1, 0.15) is 198 Å². The van der Waals surface area contributed by atoms with Gasteiger partial charge in [0.2, 0.25) is 0 Å². The summed E-state index contributed by atoms with van der Waals surface area (Å²) in [4.78, 5) is 43.8. The molecule has 0 saturated carbocycles. The number of terminal acetylenes is 2. The third-order valence-electron chi connectivity index (χ3n) is 18.2. The molecule has 8 aromatic rings. The number of nitriles is 3. The Morgan fingerprint density at radius 1 is 0.614 bits per heavy atom. The standard InChI is InChI=1S/C23H19N5O.C23H20N2O.C21H19IN2O.C5H10Si.2CH4/c1-4-13-8-16-17(9-15(13)19-11-25-28-27-19)23(2,3)22-20(21(16)29)14-6-5-12(10-24)7-18(14)26-22;1-5-14-10-17-18(11-15(14)6-2)23(3,4)22-20(21(17)26)16-8-7-13(12-24)9-19(16)25-22;1-4-12-8-14-15(9-16(12)22)21(2,3)20-18(19(14)25)13-6-5-11(10-23)7-17(13)24-20;1-5-6(2,3)4;;/h5-9,11,26H,4H2,1-3H3,(H,25,27,28);2,7-11,20,22,25H,5H2,1,3-4H3;5-9,18,20,24H,4H2,1-3H3;1H,2-4H3;2*1H4. The number of aromatic amines is 2. The Kier molecular flexibility index (Phi) is 18.0. The number of halogens is 1. The van der Waals surface area contributed by atoms with Crippen molar-refractivity contribution in [3.8, 4) is 53.8 Å². The number of fused-ring (bicyclic) bond motifs is 12. The fraction of sp³-hybridized carbons (Fsp3) is 0.324. The minimum Gasteiger partial charge on any atom is -0.380 e. The fourth-order valence-electron chi connectivity index (χ4n) is 13.2. The maximum atomic E-state index is 13.6. The Hall–Kier alpha value is -8.85. The van der Waals surface area contributed by atoms with Crippen LogP contribution in [0, 0.1) is 61.9 Å². The first-order valence-corrected chi connectivity index (χ1v) is 33.7. The van der Waals surface area contributed by atoms with Crippen LogP contribution >= 0.6 is 22.6 Å². The van der Waals surface area contributed by atoms with Crippen LogP contribution in [0.25, 0.3) is 22.2 Å². The first-order chi connectivity index (χ1) is 40.8. The normalized spacial score (nSPS) is 18.2. The summed E-state index contributed by atoms with van der Waals surface area (Å²) in [6.45, 7) is 25.7. The highest BCUT2D eigenvalue weighted by molar-refractivity contribution is 14.1. The number of nitrogens with one attached hydrogen (secondary N) is 4. The molecule has 4 atom stereocenters. The zero-order valence-electron chi connectivity index (χ0n) is 50.7.